The summed E-state index contributed by atoms with van der Waals surface area (Å²) in [5.74, 6) is 0. The smallest absolute Gasteiger partial charge is 0.319 e. The van der Waals surface area contributed by atoms with Crippen molar-refractivity contribution in [3.8, 4) is 5.69 Å². The van der Waals surface area contributed by atoms with Crippen LogP contribution in [0.4, 0.5) is 10.5 Å². The lowest BCUT2D eigenvalue weighted by Crippen LogP contribution is -2.28. The van der Waals surface area contributed by atoms with Gasteiger partial charge in [-0.1, -0.05) is 30.3 Å². The molecular weight excluding hydrogens is 354 g/mol. The Morgan fingerprint density at radius 2 is 1.86 bits per heavy atom. The number of nitrogens with one attached hydrogen (secondary N) is 2. The average molecular weight is 377 g/mol. The molecule has 3 aromatic rings. The maximum absolute atomic E-state index is 12.3. The van der Waals surface area contributed by atoms with Crippen molar-refractivity contribution in [3.63, 3.8) is 0 Å². The maximum atomic E-state index is 12.3. The molecule has 2 amide bonds. The zero-order valence-electron chi connectivity index (χ0n) is 15.6. The van der Waals surface area contributed by atoms with Gasteiger partial charge in [0.25, 0.3) is 0 Å². The van der Waals surface area contributed by atoms with Crippen LogP contribution in [-0.4, -0.2) is 44.2 Å². The SMILES string of the molecule is O=C(NCc1cccc(CN2CCCC2)c1)Nc1cccc(-n2cnnn2)c1. The van der Waals surface area contributed by atoms with Crippen LogP contribution in [0.25, 0.3) is 5.69 Å². The van der Waals surface area contributed by atoms with Crippen molar-refractivity contribution < 1.29 is 4.79 Å². The van der Waals surface area contributed by atoms with Crippen LogP contribution in [0.5, 0.6) is 0 Å². The summed E-state index contributed by atoms with van der Waals surface area (Å²) in [5.41, 5.74) is 3.83. The van der Waals surface area contributed by atoms with Gasteiger partial charge >= 0.3 is 6.03 Å². The molecule has 2 N–H and O–H groups in total. The number of nitrogens with zero attached hydrogens (tertiary/aromatic N) is 5. The number of hydrogen-bond donors (Lipinski definition) is 2. The van der Waals surface area contributed by atoms with Gasteiger partial charge in [-0.15, -0.1) is 5.10 Å². The minimum absolute atomic E-state index is 0.251. The van der Waals surface area contributed by atoms with Gasteiger partial charge in [-0.3, -0.25) is 4.90 Å². The minimum Gasteiger partial charge on any atom is -0.334 e. The molecule has 0 atom stereocenters. The number of hydrogen-bond acceptors (Lipinski definition) is 5. The number of anilines is 1. The van der Waals surface area contributed by atoms with E-state index in [0.717, 1.165) is 17.8 Å². The van der Waals surface area contributed by atoms with Crippen LogP contribution in [0.3, 0.4) is 0 Å². The summed E-state index contributed by atoms with van der Waals surface area (Å²) in [5, 5.41) is 16.9. The first-order chi connectivity index (χ1) is 13.8. The third-order valence-corrected chi connectivity index (χ3v) is 4.77. The molecule has 2 aromatic carbocycles. The van der Waals surface area contributed by atoms with Gasteiger partial charge in [0.2, 0.25) is 0 Å². The fourth-order valence-electron chi connectivity index (χ4n) is 3.40. The third kappa shape index (κ3) is 4.72. The molecule has 0 bridgehead atoms. The summed E-state index contributed by atoms with van der Waals surface area (Å²) in [7, 11) is 0. The predicted octanol–water partition coefficient (Wildman–Crippen LogP) is 2.58. The fourth-order valence-corrected chi connectivity index (χ4v) is 3.40. The Hall–Kier alpha value is -3.26. The van der Waals surface area contributed by atoms with Crippen LogP contribution in [0.1, 0.15) is 24.0 Å². The molecular formula is C20H23N7O. The number of likely N-dealkylation sites (tertiary alicyclic amines) is 1. The zero-order valence-corrected chi connectivity index (χ0v) is 15.6. The Morgan fingerprint density at radius 3 is 2.68 bits per heavy atom. The molecule has 0 saturated carbocycles. The van der Waals surface area contributed by atoms with E-state index in [4.69, 9.17) is 0 Å². The largest absolute Gasteiger partial charge is 0.334 e. The topological polar surface area (TPSA) is 88.0 Å². The number of benzene rings is 2. The van der Waals surface area contributed by atoms with Crippen molar-refractivity contribution in [1.29, 1.82) is 0 Å². The highest BCUT2D eigenvalue weighted by molar-refractivity contribution is 5.89. The number of amides is 2. The molecule has 4 rings (SSSR count). The van der Waals surface area contributed by atoms with Gasteiger partial charge in [0.15, 0.2) is 0 Å². The van der Waals surface area contributed by atoms with Crippen LogP contribution in [0.2, 0.25) is 0 Å². The minimum atomic E-state index is -0.251. The average Bonchev–Trinajstić information content (AvgIpc) is 3.41. The van der Waals surface area contributed by atoms with E-state index in [1.165, 1.54) is 42.5 Å². The first-order valence-corrected chi connectivity index (χ1v) is 9.45. The standard InChI is InChI=1S/C20H23N7O/c28-20(23-18-7-4-8-19(12-18)27-15-22-24-25-27)21-13-16-5-3-6-17(11-16)14-26-9-1-2-10-26/h3-8,11-12,15H,1-2,9-10,13-14H2,(H2,21,23,28). The Balaban J connectivity index is 1.31. The third-order valence-electron chi connectivity index (χ3n) is 4.77. The van der Waals surface area contributed by atoms with Crippen LogP contribution >= 0.6 is 0 Å². The van der Waals surface area contributed by atoms with Gasteiger partial charge in [-0.05, 0) is 65.7 Å². The van der Waals surface area contributed by atoms with E-state index >= 15 is 0 Å². The van der Waals surface area contributed by atoms with Gasteiger partial charge in [-0.2, -0.15) is 0 Å². The molecule has 0 spiro atoms. The highest BCUT2D eigenvalue weighted by Gasteiger charge is 2.12. The number of urea groups is 1. The molecule has 1 aliphatic heterocycles. The zero-order chi connectivity index (χ0) is 19.2. The quantitative estimate of drug-likeness (QED) is 0.689. The van der Waals surface area contributed by atoms with Crippen molar-refractivity contribution >= 4 is 11.7 Å². The predicted molar refractivity (Wildman–Crippen MR) is 106 cm³/mol. The van der Waals surface area contributed by atoms with Gasteiger partial charge in [0.1, 0.15) is 6.33 Å². The summed E-state index contributed by atoms with van der Waals surface area (Å²) in [4.78, 5) is 14.7. The Labute approximate surface area is 163 Å². The highest BCUT2D eigenvalue weighted by Crippen LogP contribution is 2.15. The van der Waals surface area contributed by atoms with Crippen molar-refractivity contribution in [2.45, 2.75) is 25.9 Å². The molecule has 2 heterocycles. The molecule has 1 saturated heterocycles. The summed E-state index contributed by atoms with van der Waals surface area (Å²) in [6.07, 6.45) is 4.08. The van der Waals surface area contributed by atoms with Crippen molar-refractivity contribution in [1.82, 2.24) is 30.4 Å². The van der Waals surface area contributed by atoms with E-state index < -0.39 is 0 Å². The molecule has 1 aliphatic rings. The number of aromatic nitrogens is 4. The number of carbonyl (C=O) groups is 1. The first-order valence-electron chi connectivity index (χ1n) is 9.45. The van der Waals surface area contributed by atoms with Crippen LogP contribution in [-0.2, 0) is 13.1 Å². The second-order valence-corrected chi connectivity index (χ2v) is 6.92. The van der Waals surface area contributed by atoms with Crippen LogP contribution in [0.15, 0.2) is 54.9 Å². The van der Waals surface area contributed by atoms with E-state index in [-0.39, 0.29) is 6.03 Å². The van der Waals surface area contributed by atoms with E-state index in [1.807, 2.05) is 30.3 Å². The summed E-state index contributed by atoms with van der Waals surface area (Å²) in [6.45, 7) is 3.81. The first kappa shape index (κ1) is 18.1. The van der Waals surface area contributed by atoms with Gasteiger partial charge in [-0.25, -0.2) is 9.48 Å². The molecule has 8 heteroatoms. The Kier molecular flexibility index (Phi) is 5.58. The monoisotopic (exact) mass is 377 g/mol. The Morgan fingerprint density at radius 1 is 1.04 bits per heavy atom. The van der Waals surface area contributed by atoms with Crippen molar-refractivity contribution in [2.75, 3.05) is 18.4 Å². The van der Waals surface area contributed by atoms with Crippen LogP contribution < -0.4 is 10.6 Å². The van der Waals surface area contributed by atoms with E-state index in [0.29, 0.717) is 12.2 Å². The molecule has 8 nitrogen and oxygen atoms in total. The lowest BCUT2D eigenvalue weighted by Gasteiger charge is -2.15. The molecule has 0 unspecified atom stereocenters. The molecule has 28 heavy (non-hydrogen) atoms. The van der Waals surface area contributed by atoms with Crippen LogP contribution in [0, 0.1) is 0 Å². The van der Waals surface area contributed by atoms with Gasteiger partial charge < -0.3 is 10.6 Å². The summed E-state index contributed by atoms with van der Waals surface area (Å²) < 4.78 is 1.54. The van der Waals surface area contributed by atoms with E-state index in [2.05, 4.69) is 49.3 Å². The fraction of sp³-hybridized carbons (Fsp3) is 0.300. The van der Waals surface area contributed by atoms with Gasteiger partial charge in [0.05, 0.1) is 5.69 Å². The highest BCUT2D eigenvalue weighted by atomic mass is 16.2. The maximum Gasteiger partial charge on any atom is 0.319 e. The molecule has 1 aromatic heterocycles. The second kappa shape index (κ2) is 8.62. The summed E-state index contributed by atoms with van der Waals surface area (Å²) in [6, 6.07) is 15.5. The van der Waals surface area contributed by atoms with E-state index in [1.54, 1.807) is 0 Å². The Bertz CT molecular complexity index is 920. The lowest BCUT2D eigenvalue weighted by molar-refractivity contribution is 0.251. The second-order valence-electron chi connectivity index (χ2n) is 6.92. The molecule has 0 radical (unpaired) electrons. The number of tetrazole rings is 1. The summed E-state index contributed by atoms with van der Waals surface area (Å²) >= 11 is 0. The van der Waals surface area contributed by atoms with Gasteiger partial charge in [0, 0.05) is 18.8 Å². The molecule has 1 fully saturated rings. The van der Waals surface area contributed by atoms with Crippen molar-refractivity contribution in [3.05, 3.63) is 66.0 Å². The normalized spacial score (nSPS) is 14.1. The van der Waals surface area contributed by atoms with Crippen molar-refractivity contribution in [2.24, 2.45) is 0 Å². The molecule has 144 valence electrons. The number of carbonyl (C=O) groups excluding carboxylic acids is 1. The molecule has 0 aliphatic carbocycles. The lowest BCUT2D eigenvalue weighted by atomic mass is 10.1. The number of rotatable bonds is 6. The van der Waals surface area contributed by atoms with E-state index in [9.17, 15) is 4.79 Å².